The number of hydrogen-bond acceptors (Lipinski definition) is 3. The van der Waals surface area contributed by atoms with Crippen LogP contribution in [-0.4, -0.2) is 36.7 Å². The monoisotopic (exact) mass is 251 g/mol. The molecule has 0 amide bonds. The van der Waals surface area contributed by atoms with Crippen molar-refractivity contribution in [1.29, 1.82) is 0 Å². The van der Waals surface area contributed by atoms with E-state index in [9.17, 15) is 9.18 Å². The summed E-state index contributed by atoms with van der Waals surface area (Å²) in [5.74, 6) is -0.262. The van der Waals surface area contributed by atoms with Gasteiger partial charge in [0, 0.05) is 12.6 Å². The molecule has 1 saturated heterocycles. The van der Waals surface area contributed by atoms with Gasteiger partial charge in [-0.2, -0.15) is 0 Å². The number of hydrogen-bond donors (Lipinski definition) is 0. The van der Waals surface area contributed by atoms with Gasteiger partial charge in [0.25, 0.3) is 0 Å². The molecule has 0 spiro atoms. The number of halogens is 1. The topological polar surface area (TPSA) is 29.5 Å². The van der Waals surface area contributed by atoms with E-state index in [4.69, 9.17) is 4.74 Å². The van der Waals surface area contributed by atoms with Crippen molar-refractivity contribution in [2.75, 3.05) is 13.8 Å². The molecule has 0 unspecified atom stereocenters. The van der Waals surface area contributed by atoms with Gasteiger partial charge < -0.3 is 4.74 Å². The number of methoxy groups -OCH3 is 1. The standard InChI is InChI=1S/C14H18FNO2/c1-18-14(17)13-8-7-12(9-15)16(13)10-11-5-3-2-4-6-11/h2-6,12-13H,7-10H2,1H3/t12-,13-/m1/s1. The first-order chi connectivity index (χ1) is 8.76. The van der Waals surface area contributed by atoms with Crippen molar-refractivity contribution in [2.45, 2.75) is 31.5 Å². The minimum atomic E-state index is -0.416. The molecule has 0 saturated carbocycles. The first-order valence-electron chi connectivity index (χ1n) is 6.19. The van der Waals surface area contributed by atoms with E-state index in [1.165, 1.54) is 7.11 Å². The summed E-state index contributed by atoms with van der Waals surface area (Å²) in [6.07, 6.45) is 1.39. The highest BCUT2D eigenvalue weighted by atomic mass is 19.1. The Bertz CT molecular complexity index is 396. The molecule has 1 aromatic rings. The van der Waals surface area contributed by atoms with Crippen molar-refractivity contribution in [1.82, 2.24) is 4.90 Å². The molecule has 0 aromatic heterocycles. The third kappa shape index (κ3) is 2.70. The number of esters is 1. The first-order valence-corrected chi connectivity index (χ1v) is 6.19. The summed E-state index contributed by atoms with van der Waals surface area (Å²) in [4.78, 5) is 13.6. The van der Waals surface area contributed by atoms with Crippen molar-refractivity contribution >= 4 is 5.97 Å². The van der Waals surface area contributed by atoms with E-state index in [-0.39, 0.29) is 18.1 Å². The minimum Gasteiger partial charge on any atom is -0.468 e. The number of benzene rings is 1. The normalized spacial score (nSPS) is 24.1. The molecule has 1 aliphatic rings. The molecule has 1 heterocycles. The number of rotatable bonds is 4. The van der Waals surface area contributed by atoms with Crippen molar-refractivity contribution < 1.29 is 13.9 Å². The molecule has 4 heteroatoms. The summed E-state index contributed by atoms with van der Waals surface area (Å²) >= 11 is 0. The number of carbonyl (C=O) groups excluding carboxylic acids is 1. The molecule has 1 fully saturated rings. The summed E-state index contributed by atoms with van der Waals surface area (Å²) < 4.78 is 17.8. The summed E-state index contributed by atoms with van der Waals surface area (Å²) in [5.41, 5.74) is 1.09. The van der Waals surface area contributed by atoms with Gasteiger partial charge in [0.15, 0.2) is 0 Å². The Hall–Kier alpha value is -1.42. The smallest absolute Gasteiger partial charge is 0.323 e. The predicted molar refractivity (Wildman–Crippen MR) is 66.8 cm³/mol. The fourth-order valence-electron chi connectivity index (χ4n) is 2.52. The van der Waals surface area contributed by atoms with E-state index in [0.29, 0.717) is 19.4 Å². The summed E-state index contributed by atoms with van der Waals surface area (Å²) in [5, 5.41) is 0. The van der Waals surface area contributed by atoms with Crippen LogP contribution in [0.5, 0.6) is 0 Å². The summed E-state index contributed by atoms with van der Waals surface area (Å²) in [6, 6.07) is 9.33. The lowest BCUT2D eigenvalue weighted by molar-refractivity contribution is -0.146. The van der Waals surface area contributed by atoms with Crippen molar-refractivity contribution in [3.8, 4) is 0 Å². The highest BCUT2D eigenvalue weighted by molar-refractivity contribution is 5.76. The molecule has 1 aliphatic heterocycles. The zero-order valence-corrected chi connectivity index (χ0v) is 10.5. The molecular weight excluding hydrogens is 233 g/mol. The Morgan fingerprint density at radius 3 is 2.72 bits per heavy atom. The quantitative estimate of drug-likeness (QED) is 0.768. The number of nitrogens with zero attached hydrogens (tertiary/aromatic N) is 1. The van der Waals surface area contributed by atoms with Gasteiger partial charge in [0.05, 0.1) is 7.11 Å². The highest BCUT2D eigenvalue weighted by Crippen LogP contribution is 2.27. The van der Waals surface area contributed by atoms with Gasteiger partial charge in [-0.1, -0.05) is 30.3 Å². The fourth-order valence-corrected chi connectivity index (χ4v) is 2.52. The summed E-state index contributed by atoms with van der Waals surface area (Å²) in [7, 11) is 1.38. The SMILES string of the molecule is COC(=O)[C@H]1CC[C@H](CF)N1Cc1ccccc1. The maximum absolute atomic E-state index is 13.0. The lowest BCUT2D eigenvalue weighted by Crippen LogP contribution is -2.41. The van der Waals surface area contributed by atoms with Gasteiger partial charge in [-0.3, -0.25) is 9.69 Å². The van der Waals surface area contributed by atoms with Crippen molar-refractivity contribution in [3.63, 3.8) is 0 Å². The molecular formula is C14H18FNO2. The second kappa shape index (κ2) is 5.96. The fraction of sp³-hybridized carbons (Fsp3) is 0.500. The molecule has 18 heavy (non-hydrogen) atoms. The maximum Gasteiger partial charge on any atom is 0.323 e. The highest BCUT2D eigenvalue weighted by Gasteiger charge is 2.38. The predicted octanol–water partition coefficient (Wildman–Crippen LogP) is 2.16. The van der Waals surface area contributed by atoms with Crippen LogP contribution in [0, 0.1) is 0 Å². The van der Waals surface area contributed by atoms with E-state index in [2.05, 4.69) is 0 Å². The first kappa shape index (κ1) is 13.0. The lowest BCUT2D eigenvalue weighted by atomic mass is 10.2. The van der Waals surface area contributed by atoms with E-state index >= 15 is 0 Å². The maximum atomic E-state index is 13.0. The van der Waals surface area contributed by atoms with Gasteiger partial charge in [-0.05, 0) is 18.4 Å². The van der Waals surface area contributed by atoms with Gasteiger partial charge in [-0.15, -0.1) is 0 Å². The van der Waals surface area contributed by atoms with Crippen LogP contribution >= 0.6 is 0 Å². The van der Waals surface area contributed by atoms with Crippen LogP contribution in [-0.2, 0) is 16.1 Å². The molecule has 0 aliphatic carbocycles. The van der Waals surface area contributed by atoms with E-state index < -0.39 is 6.67 Å². The molecule has 2 rings (SSSR count). The van der Waals surface area contributed by atoms with Crippen LogP contribution < -0.4 is 0 Å². The third-order valence-corrected chi connectivity index (χ3v) is 3.50. The van der Waals surface area contributed by atoms with Crippen LogP contribution in [0.15, 0.2) is 30.3 Å². The van der Waals surface area contributed by atoms with Crippen molar-refractivity contribution in [3.05, 3.63) is 35.9 Å². The van der Waals surface area contributed by atoms with E-state index in [1.54, 1.807) is 0 Å². The van der Waals surface area contributed by atoms with Gasteiger partial charge >= 0.3 is 5.97 Å². The molecule has 3 nitrogen and oxygen atoms in total. The third-order valence-electron chi connectivity index (χ3n) is 3.50. The van der Waals surface area contributed by atoms with Gasteiger partial charge in [0.2, 0.25) is 0 Å². The average molecular weight is 251 g/mol. The van der Waals surface area contributed by atoms with Crippen LogP contribution in [0.3, 0.4) is 0 Å². The Morgan fingerprint density at radius 1 is 1.39 bits per heavy atom. The summed E-state index contributed by atoms with van der Waals surface area (Å²) in [6.45, 7) is 0.176. The average Bonchev–Trinajstić information content (AvgIpc) is 2.82. The number of carbonyl (C=O) groups is 1. The molecule has 1 aromatic carbocycles. The molecule has 2 atom stereocenters. The van der Waals surface area contributed by atoms with Gasteiger partial charge in [0.1, 0.15) is 12.7 Å². The van der Waals surface area contributed by atoms with Crippen LogP contribution in [0.1, 0.15) is 18.4 Å². The van der Waals surface area contributed by atoms with E-state index in [1.807, 2.05) is 35.2 Å². The van der Waals surface area contributed by atoms with Crippen molar-refractivity contribution in [2.24, 2.45) is 0 Å². The van der Waals surface area contributed by atoms with E-state index in [0.717, 1.165) is 5.56 Å². The van der Waals surface area contributed by atoms with Gasteiger partial charge in [-0.25, -0.2) is 4.39 Å². The second-order valence-electron chi connectivity index (χ2n) is 4.58. The second-order valence-corrected chi connectivity index (χ2v) is 4.58. The zero-order chi connectivity index (χ0) is 13.0. The Kier molecular flexibility index (Phi) is 4.31. The number of alkyl halides is 1. The largest absolute Gasteiger partial charge is 0.468 e. The zero-order valence-electron chi connectivity index (χ0n) is 10.5. The minimum absolute atomic E-state index is 0.172. The lowest BCUT2D eigenvalue weighted by Gasteiger charge is -2.27. The number of ether oxygens (including phenoxy) is 1. The molecule has 0 bridgehead atoms. The Balaban J connectivity index is 2.12. The van der Waals surface area contributed by atoms with Crippen LogP contribution in [0.2, 0.25) is 0 Å². The molecule has 98 valence electrons. The van der Waals surface area contributed by atoms with Crippen LogP contribution in [0.25, 0.3) is 0 Å². The Morgan fingerprint density at radius 2 is 2.11 bits per heavy atom. The Labute approximate surface area is 107 Å². The molecule has 0 radical (unpaired) electrons. The van der Waals surface area contributed by atoms with Crippen LogP contribution in [0.4, 0.5) is 4.39 Å². The molecule has 0 N–H and O–H groups in total. The number of likely N-dealkylation sites (tertiary alicyclic amines) is 1.